The number of rotatable bonds is 3. The zero-order chi connectivity index (χ0) is 10.6. The molecular weight excluding hydrogens is 257 g/mol. The Balaban J connectivity index is 0.00000196. The normalized spacial score (nSPS) is 20.4. The van der Waals surface area contributed by atoms with Gasteiger partial charge in [0, 0.05) is 32.7 Å². The fourth-order valence-corrected chi connectivity index (χ4v) is 2.51. The molecule has 0 nitrogen and oxygen atoms in total. The Morgan fingerprint density at radius 3 is 2.13 bits per heavy atom. The summed E-state index contributed by atoms with van der Waals surface area (Å²) in [5.41, 5.74) is 0. The van der Waals surface area contributed by atoms with Gasteiger partial charge in [-0.2, -0.15) is 25.2 Å². The minimum Gasteiger partial charge on any atom is -0.316 e. The molecule has 0 N–H and O–H groups in total. The van der Waals surface area contributed by atoms with Gasteiger partial charge in [-0.15, -0.1) is 6.42 Å². The number of hydrogen-bond donors (Lipinski definition) is 0. The molecule has 1 aliphatic rings. The zero-order valence-electron chi connectivity index (χ0n) is 11.0. The molecule has 87 valence electrons. The first-order chi connectivity index (χ1) is 6.59. The van der Waals surface area contributed by atoms with Crippen LogP contribution < -0.4 is 0 Å². The minimum absolute atomic E-state index is 0. The second-order valence-corrected chi connectivity index (χ2v) is 5.51. The SMILES string of the molecule is CC(C)C[C-]1CCC[C-](C(C)C)CC1.[Y]. The molecule has 0 heterocycles. The molecule has 0 aromatic rings. The summed E-state index contributed by atoms with van der Waals surface area (Å²) >= 11 is 0. The maximum absolute atomic E-state index is 2.35. The van der Waals surface area contributed by atoms with Gasteiger partial charge in [0.05, 0.1) is 0 Å². The first-order valence-electron chi connectivity index (χ1n) is 6.27. The van der Waals surface area contributed by atoms with Crippen LogP contribution in [0.5, 0.6) is 0 Å². The fraction of sp³-hybridized carbons (Fsp3) is 0.857. The molecule has 15 heavy (non-hydrogen) atoms. The van der Waals surface area contributed by atoms with Gasteiger partial charge in [-0.1, -0.05) is 33.6 Å². The quantitative estimate of drug-likeness (QED) is 0.515. The van der Waals surface area contributed by atoms with E-state index in [9.17, 15) is 0 Å². The third kappa shape index (κ3) is 6.42. The smallest absolute Gasteiger partial charge is 0 e. The van der Waals surface area contributed by atoms with E-state index in [1.54, 1.807) is 0 Å². The van der Waals surface area contributed by atoms with Gasteiger partial charge in [0.2, 0.25) is 0 Å². The predicted molar refractivity (Wildman–Crippen MR) is 63.9 cm³/mol. The molecule has 0 bridgehead atoms. The van der Waals surface area contributed by atoms with Gasteiger partial charge >= 0.3 is 0 Å². The molecule has 1 radical (unpaired) electrons. The predicted octanol–water partition coefficient (Wildman–Crippen LogP) is 4.80. The fourth-order valence-electron chi connectivity index (χ4n) is 2.51. The Kier molecular flexibility index (Phi) is 8.84. The summed E-state index contributed by atoms with van der Waals surface area (Å²) in [4.78, 5) is 0. The van der Waals surface area contributed by atoms with Gasteiger partial charge in [0.25, 0.3) is 0 Å². The van der Waals surface area contributed by atoms with Crippen molar-refractivity contribution in [3.05, 3.63) is 11.8 Å². The molecule has 0 aliphatic heterocycles. The Bertz CT molecular complexity index is 151. The van der Waals surface area contributed by atoms with E-state index in [4.69, 9.17) is 0 Å². The van der Waals surface area contributed by atoms with Gasteiger partial charge < -0.3 is 11.8 Å². The standard InChI is InChI=1S/C14H26.Y/c1-11(2)10-13-6-5-7-14(9-8-13)12(3)4;/h11-12H,5-10H2,1-4H3;/q-2;. The van der Waals surface area contributed by atoms with E-state index in [0.717, 1.165) is 11.8 Å². The van der Waals surface area contributed by atoms with Crippen LogP contribution in [-0.2, 0) is 32.7 Å². The average Bonchev–Trinajstić information content (AvgIpc) is 2.28. The average molecular weight is 283 g/mol. The summed E-state index contributed by atoms with van der Waals surface area (Å²) in [5, 5.41) is 0. The van der Waals surface area contributed by atoms with Crippen LogP contribution in [-0.4, -0.2) is 0 Å². The summed E-state index contributed by atoms with van der Waals surface area (Å²) in [6.07, 6.45) is 8.32. The summed E-state index contributed by atoms with van der Waals surface area (Å²) in [7, 11) is 0. The molecule has 1 saturated carbocycles. The zero-order valence-corrected chi connectivity index (χ0v) is 13.8. The van der Waals surface area contributed by atoms with E-state index < -0.39 is 0 Å². The summed E-state index contributed by atoms with van der Waals surface area (Å²) in [6.45, 7) is 9.38. The topological polar surface area (TPSA) is 0 Å². The van der Waals surface area contributed by atoms with Crippen LogP contribution in [0.2, 0.25) is 0 Å². The van der Waals surface area contributed by atoms with Crippen molar-refractivity contribution in [2.75, 3.05) is 0 Å². The first kappa shape index (κ1) is 16.1. The maximum atomic E-state index is 2.35. The molecular formula is C14H26Y-2. The minimum atomic E-state index is 0. The van der Waals surface area contributed by atoms with Crippen molar-refractivity contribution >= 4 is 0 Å². The Morgan fingerprint density at radius 1 is 0.933 bits per heavy atom. The Morgan fingerprint density at radius 2 is 1.60 bits per heavy atom. The van der Waals surface area contributed by atoms with Crippen LogP contribution in [0.25, 0.3) is 0 Å². The second kappa shape index (κ2) is 8.23. The molecule has 0 aromatic carbocycles. The Labute approximate surface area is 122 Å². The van der Waals surface area contributed by atoms with Crippen LogP contribution in [0.15, 0.2) is 0 Å². The largest absolute Gasteiger partial charge is 0.316 e. The monoisotopic (exact) mass is 283 g/mol. The van der Waals surface area contributed by atoms with Crippen molar-refractivity contribution in [1.82, 2.24) is 0 Å². The third-order valence-electron chi connectivity index (χ3n) is 3.34. The molecule has 0 atom stereocenters. The summed E-state index contributed by atoms with van der Waals surface area (Å²) in [5.74, 6) is 5.30. The van der Waals surface area contributed by atoms with E-state index in [-0.39, 0.29) is 32.7 Å². The van der Waals surface area contributed by atoms with Crippen molar-refractivity contribution in [3.8, 4) is 0 Å². The maximum Gasteiger partial charge on any atom is 0 e. The van der Waals surface area contributed by atoms with Crippen LogP contribution >= 0.6 is 0 Å². The van der Waals surface area contributed by atoms with Crippen molar-refractivity contribution in [1.29, 1.82) is 0 Å². The second-order valence-electron chi connectivity index (χ2n) is 5.51. The van der Waals surface area contributed by atoms with Gasteiger partial charge in [0.15, 0.2) is 0 Å². The molecule has 0 aromatic heterocycles. The molecule has 0 spiro atoms. The molecule has 0 unspecified atom stereocenters. The van der Waals surface area contributed by atoms with E-state index in [1.807, 2.05) is 11.8 Å². The molecule has 1 fully saturated rings. The molecule has 1 aliphatic carbocycles. The van der Waals surface area contributed by atoms with E-state index in [0.29, 0.717) is 0 Å². The van der Waals surface area contributed by atoms with Crippen LogP contribution in [0.1, 0.15) is 66.2 Å². The van der Waals surface area contributed by atoms with Crippen molar-refractivity contribution in [2.24, 2.45) is 11.8 Å². The molecule has 0 amide bonds. The van der Waals surface area contributed by atoms with E-state index >= 15 is 0 Å². The van der Waals surface area contributed by atoms with Crippen LogP contribution in [0.3, 0.4) is 0 Å². The van der Waals surface area contributed by atoms with Crippen molar-refractivity contribution in [2.45, 2.75) is 66.2 Å². The Hall–Kier alpha value is 1.10. The third-order valence-corrected chi connectivity index (χ3v) is 3.34. The molecule has 1 heteroatoms. The molecule has 0 saturated heterocycles. The first-order valence-corrected chi connectivity index (χ1v) is 6.27. The van der Waals surface area contributed by atoms with Crippen LogP contribution in [0.4, 0.5) is 0 Å². The van der Waals surface area contributed by atoms with Crippen molar-refractivity contribution in [3.63, 3.8) is 0 Å². The van der Waals surface area contributed by atoms with Gasteiger partial charge in [-0.3, -0.25) is 0 Å². The molecule has 1 rings (SSSR count). The summed E-state index contributed by atoms with van der Waals surface area (Å²) < 4.78 is 0. The number of hydrogen-bond acceptors (Lipinski definition) is 0. The van der Waals surface area contributed by atoms with Crippen LogP contribution in [0, 0.1) is 23.7 Å². The van der Waals surface area contributed by atoms with E-state index in [1.165, 1.54) is 38.5 Å². The van der Waals surface area contributed by atoms with Gasteiger partial charge in [0.1, 0.15) is 0 Å². The van der Waals surface area contributed by atoms with Gasteiger partial charge in [-0.25, -0.2) is 12.8 Å². The van der Waals surface area contributed by atoms with E-state index in [2.05, 4.69) is 27.7 Å². The summed E-state index contributed by atoms with van der Waals surface area (Å²) in [6, 6.07) is 0. The van der Waals surface area contributed by atoms with Crippen molar-refractivity contribution < 1.29 is 32.7 Å². The van der Waals surface area contributed by atoms with Gasteiger partial charge in [-0.05, 0) is 0 Å².